The smallest absolute Gasteiger partial charge is 0.227 e. The second-order valence-electron chi connectivity index (χ2n) is 7.08. The number of carbonyl (C=O) groups is 1. The van der Waals surface area contributed by atoms with E-state index in [1.807, 2.05) is 0 Å². The van der Waals surface area contributed by atoms with Gasteiger partial charge in [-0.1, -0.05) is 24.3 Å². The molecule has 0 atom stereocenters. The van der Waals surface area contributed by atoms with E-state index in [1.165, 1.54) is 31.5 Å². The Balaban J connectivity index is 1.51. The first-order chi connectivity index (χ1) is 11.7. The van der Waals surface area contributed by atoms with Crippen LogP contribution < -0.4 is 11.1 Å². The van der Waals surface area contributed by atoms with Gasteiger partial charge in [-0.15, -0.1) is 0 Å². The Labute approximate surface area is 144 Å². The van der Waals surface area contributed by atoms with Crippen molar-refractivity contribution < 1.29 is 9.53 Å². The summed E-state index contributed by atoms with van der Waals surface area (Å²) in [5.41, 5.74) is 7.91. The summed E-state index contributed by atoms with van der Waals surface area (Å²) in [6, 6.07) is 8.58. The first-order valence-electron chi connectivity index (χ1n) is 9.08. The molecule has 3 N–H and O–H groups in total. The third-order valence-electron chi connectivity index (χ3n) is 5.40. The number of nitrogens with two attached hydrogens (primary N) is 1. The topological polar surface area (TPSA) is 67.6 Å². The molecule has 132 valence electrons. The average Bonchev–Trinajstić information content (AvgIpc) is 3.14. The molecule has 0 saturated carbocycles. The summed E-state index contributed by atoms with van der Waals surface area (Å²) in [6.07, 6.45) is 4.06. The molecule has 1 aromatic carbocycles. The molecular weight excluding hydrogens is 302 g/mol. The number of rotatable bonds is 6. The van der Waals surface area contributed by atoms with Crippen molar-refractivity contribution in [2.45, 2.75) is 38.8 Å². The van der Waals surface area contributed by atoms with Crippen LogP contribution in [0.5, 0.6) is 0 Å². The maximum absolute atomic E-state index is 12.6. The molecule has 0 aromatic heterocycles. The van der Waals surface area contributed by atoms with Gasteiger partial charge in [0.1, 0.15) is 0 Å². The van der Waals surface area contributed by atoms with Crippen LogP contribution >= 0.6 is 0 Å². The van der Waals surface area contributed by atoms with Crippen molar-refractivity contribution in [3.8, 4) is 0 Å². The maximum atomic E-state index is 12.6. The van der Waals surface area contributed by atoms with Crippen molar-refractivity contribution in [3.63, 3.8) is 0 Å². The predicted octanol–water partition coefficient (Wildman–Crippen LogP) is 1.65. The predicted molar refractivity (Wildman–Crippen MR) is 94.3 cm³/mol. The van der Waals surface area contributed by atoms with Crippen molar-refractivity contribution in [3.05, 3.63) is 35.4 Å². The number of ether oxygens (including phenoxy) is 1. The molecule has 0 bridgehead atoms. The minimum atomic E-state index is -0.450. The van der Waals surface area contributed by atoms with Gasteiger partial charge in [-0.2, -0.15) is 0 Å². The lowest BCUT2D eigenvalue weighted by atomic mass is 9.79. The minimum Gasteiger partial charge on any atom is -0.381 e. The van der Waals surface area contributed by atoms with E-state index in [2.05, 4.69) is 34.5 Å². The summed E-state index contributed by atoms with van der Waals surface area (Å²) < 4.78 is 5.37. The van der Waals surface area contributed by atoms with E-state index < -0.39 is 5.41 Å². The van der Waals surface area contributed by atoms with Crippen LogP contribution in [-0.4, -0.2) is 43.7 Å². The molecule has 5 nitrogen and oxygen atoms in total. The van der Waals surface area contributed by atoms with Crippen LogP contribution in [0, 0.1) is 5.41 Å². The lowest BCUT2D eigenvalue weighted by molar-refractivity contribution is -0.136. The molecule has 5 heteroatoms. The van der Waals surface area contributed by atoms with E-state index in [9.17, 15) is 4.79 Å². The summed E-state index contributed by atoms with van der Waals surface area (Å²) in [7, 11) is 0. The van der Waals surface area contributed by atoms with Crippen molar-refractivity contribution in [2.24, 2.45) is 11.1 Å². The largest absolute Gasteiger partial charge is 0.381 e. The molecule has 0 unspecified atom stereocenters. The van der Waals surface area contributed by atoms with E-state index in [-0.39, 0.29) is 5.91 Å². The minimum absolute atomic E-state index is 0.0643. The number of carbonyl (C=O) groups excluding carboxylic acids is 1. The van der Waals surface area contributed by atoms with Crippen LogP contribution in [0.3, 0.4) is 0 Å². The van der Waals surface area contributed by atoms with Gasteiger partial charge in [0.15, 0.2) is 0 Å². The number of nitrogens with zero attached hydrogens (tertiary/aromatic N) is 1. The zero-order valence-corrected chi connectivity index (χ0v) is 14.4. The maximum Gasteiger partial charge on any atom is 0.227 e. The molecule has 2 saturated heterocycles. The Morgan fingerprint density at radius 3 is 2.38 bits per heavy atom. The first-order valence-corrected chi connectivity index (χ1v) is 9.08. The number of hydrogen-bond acceptors (Lipinski definition) is 4. The average molecular weight is 331 g/mol. The van der Waals surface area contributed by atoms with Gasteiger partial charge in [0.25, 0.3) is 0 Å². The number of nitrogens with one attached hydrogen (secondary N) is 1. The second kappa shape index (κ2) is 8.10. The summed E-state index contributed by atoms with van der Waals surface area (Å²) in [5, 5.41) is 3.07. The fraction of sp³-hybridized carbons (Fsp3) is 0.632. The molecule has 0 spiro atoms. The van der Waals surface area contributed by atoms with Gasteiger partial charge in [0.2, 0.25) is 5.91 Å². The highest BCUT2D eigenvalue weighted by Gasteiger charge is 2.38. The summed E-state index contributed by atoms with van der Waals surface area (Å²) >= 11 is 0. The Morgan fingerprint density at radius 2 is 1.75 bits per heavy atom. The van der Waals surface area contributed by atoms with E-state index in [1.54, 1.807) is 0 Å². The summed E-state index contributed by atoms with van der Waals surface area (Å²) in [6.45, 7) is 5.64. The number of hydrogen-bond donors (Lipinski definition) is 2. The number of amides is 1. The highest BCUT2D eigenvalue weighted by molar-refractivity contribution is 5.83. The van der Waals surface area contributed by atoms with E-state index >= 15 is 0 Å². The van der Waals surface area contributed by atoms with Crippen LogP contribution in [0.2, 0.25) is 0 Å². The molecule has 1 aromatic rings. The lowest BCUT2D eigenvalue weighted by Gasteiger charge is -2.34. The third kappa shape index (κ3) is 4.15. The summed E-state index contributed by atoms with van der Waals surface area (Å²) in [4.78, 5) is 15.1. The molecule has 2 fully saturated rings. The van der Waals surface area contributed by atoms with Crippen molar-refractivity contribution in [2.75, 3.05) is 32.8 Å². The van der Waals surface area contributed by atoms with Gasteiger partial charge in [-0.05, 0) is 49.9 Å². The molecule has 2 aliphatic heterocycles. The molecule has 2 heterocycles. The molecular formula is C19H29N3O2. The Hall–Kier alpha value is -1.43. The Kier molecular flexibility index (Phi) is 5.87. The fourth-order valence-electron chi connectivity index (χ4n) is 3.62. The van der Waals surface area contributed by atoms with Gasteiger partial charge in [-0.3, -0.25) is 9.69 Å². The van der Waals surface area contributed by atoms with Gasteiger partial charge in [0, 0.05) is 32.8 Å². The quantitative estimate of drug-likeness (QED) is 0.832. The highest BCUT2D eigenvalue weighted by Crippen LogP contribution is 2.29. The monoisotopic (exact) mass is 331 g/mol. The molecule has 0 radical (unpaired) electrons. The third-order valence-corrected chi connectivity index (χ3v) is 5.40. The molecule has 2 aliphatic rings. The van der Waals surface area contributed by atoms with Crippen LogP contribution in [0.15, 0.2) is 24.3 Å². The molecule has 24 heavy (non-hydrogen) atoms. The fourth-order valence-corrected chi connectivity index (χ4v) is 3.62. The van der Waals surface area contributed by atoms with Gasteiger partial charge >= 0.3 is 0 Å². The standard InChI is InChI=1S/C19H29N3O2/c20-15-19(7-11-24-12-8-19)18(23)21-13-16-3-5-17(6-4-16)14-22-9-1-2-10-22/h3-6H,1-2,7-15,20H2,(H,21,23). The van der Waals surface area contributed by atoms with Gasteiger partial charge in [-0.25, -0.2) is 0 Å². The van der Waals surface area contributed by atoms with E-state index in [0.29, 0.717) is 39.1 Å². The normalized spacial score (nSPS) is 20.9. The summed E-state index contributed by atoms with van der Waals surface area (Å²) in [5.74, 6) is 0.0643. The highest BCUT2D eigenvalue weighted by atomic mass is 16.5. The van der Waals surface area contributed by atoms with Gasteiger partial charge < -0.3 is 15.8 Å². The lowest BCUT2D eigenvalue weighted by Crippen LogP contribution is -2.48. The number of benzene rings is 1. The molecule has 0 aliphatic carbocycles. The van der Waals surface area contributed by atoms with Crippen LogP contribution in [0.25, 0.3) is 0 Å². The second-order valence-corrected chi connectivity index (χ2v) is 7.08. The Bertz CT molecular complexity index is 532. The van der Waals surface area contributed by atoms with E-state index in [4.69, 9.17) is 10.5 Å². The van der Waals surface area contributed by atoms with Crippen LogP contribution in [0.4, 0.5) is 0 Å². The first kappa shape index (κ1) is 17.4. The van der Waals surface area contributed by atoms with Crippen LogP contribution in [0.1, 0.15) is 36.8 Å². The van der Waals surface area contributed by atoms with Crippen molar-refractivity contribution in [1.82, 2.24) is 10.2 Å². The molecule has 3 rings (SSSR count). The zero-order valence-electron chi connectivity index (χ0n) is 14.4. The molecule has 1 amide bonds. The van der Waals surface area contributed by atoms with Crippen molar-refractivity contribution >= 4 is 5.91 Å². The van der Waals surface area contributed by atoms with Gasteiger partial charge in [0.05, 0.1) is 5.41 Å². The van der Waals surface area contributed by atoms with Crippen LogP contribution in [-0.2, 0) is 22.6 Å². The zero-order chi connectivity index (χ0) is 16.8. The SMILES string of the molecule is NCC1(C(=O)NCc2ccc(CN3CCCC3)cc2)CCOCC1. The van der Waals surface area contributed by atoms with E-state index in [0.717, 1.165) is 12.1 Å². The number of likely N-dealkylation sites (tertiary alicyclic amines) is 1. The Morgan fingerprint density at radius 1 is 1.12 bits per heavy atom. The van der Waals surface area contributed by atoms with Crippen molar-refractivity contribution in [1.29, 1.82) is 0 Å².